The van der Waals surface area contributed by atoms with Gasteiger partial charge in [-0.15, -0.1) is 10.2 Å². The van der Waals surface area contributed by atoms with E-state index in [9.17, 15) is 0 Å². The zero-order chi connectivity index (χ0) is 10.7. The fourth-order valence-electron chi connectivity index (χ4n) is 0.942. The third-order valence-electron chi connectivity index (χ3n) is 1.54. The van der Waals surface area contributed by atoms with Gasteiger partial charge < -0.3 is 5.73 Å². The van der Waals surface area contributed by atoms with Crippen molar-refractivity contribution in [3.8, 4) is 0 Å². The molecule has 0 saturated carbocycles. The maximum atomic E-state index is 5.84. The highest BCUT2D eigenvalue weighted by Gasteiger charge is 2.03. The number of nitrogens with zero attached hydrogens (tertiary/aromatic N) is 3. The summed E-state index contributed by atoms with van der Waals surface area (Å²) in [6, 6.07) is 3.58. The number of rotatable bonds is 3. The van der Waals surface area contributed by atoms with E-state index in [1.54, 1.807) is 24.0 Å². The molecule has 0 bridgehead atoms. The Morgan fingerprint density at radius 2 is 2.33 bits per heavy atom. The van der Waals surface area contributed by atoms with Crippen molar-refractivity contribution in [3.05, 3.63) is 29.0 Å². The van der Waals surface area contributed by atoms with E-state index < -0.39 is 0 Å². The summed E-state index contributed by atoms with van der Waals surface area (Å²) in [6.07, 6.45) is 1.69. The number of pyridine rings is 1. The lowest BCUT2D eigenvalue weighted by atomic mass is 10.4. The SMILES string of the molecule is Nc1nnc(SCc2cc(Cl)ccn2)s1. The molecule has 0 fully saturated rings. The van der Waals surface area contributed by atoms with Crippen LogP contribution in [0.3, 0.4) is 0 Å². The van der Waals surface area contributed by atoms with Crippen molar-refractivity contribution < 1.29 is 0 Å². The van der Waals surface area contributed by atoms with Crippen LogP contribution in [-0.2, 0) is 5.75 Å². The molecule has 0 aliphatic heterocycles. The van der Waals surface area contributed by atoms with E-state index in [2.05, 4.69) is 15.2 Å². The zero-order valence-corrected chi connectivity index (χ0v) is 9.94. The lowest BCUT2D eigenvalue weighted by Gasteiger charge is -1.97. The van der Waals surface area contributed by atoms with Gasteiger partial charge in [0.2, 0.25) is 5.13 Å². The molecule has 0 radical (unpaired) electrons. The molecule has 0 aromatic carbocycles. The summed E-state index contributed by atoms with van der Waals surface area (Å²) in [5.41, 5.74) is 6.38. The predicted molar refractivity (Wildman–Crippen MR) is 63.1 cm³/mol. The molecule has 78 valence electrons. The lowest BCUT2D eigenvalue weighted by molar-refractivity contribution is 1.01. The highest BCUT2D eigenvalue weighted by Crippen LogP contribution is 2.26. The first-order valence-corrected chi connectivity index (χ1v) is 6.24. The van der Waals surface area contributed by atoms with Crippen molar-refractivity contribution in [2.24, 2.45) is 0 Å². The molecule has 15 heavy (non-hydrogen) atoms. The summed E-state index contributed by atoms with van der Waals surface area (Å²) < 4.78 is 0.842. The molecule has 4 nitrogen and oxygen atoms in total. The number of thioether (sulfide) groups is 1. The summed E-state index contributed by atoms with van der Waals surface area (Å²) in [5, 5.41) is 8.80. The number of halogens is 1. The standard InChI is InChI=1S/C8H7ClN4S2/c9-5-1-2-11-6(3-5)4-14-8-13-12-7(10)15-8/h1-3H,4H2,(H2,10,12). The Morgan fingerprint density at radius 1 is 1.47 bits per heavy atom. The van der Waals surface area contributed by atoms with Gasteiger partial charge in [-0.1, -0.05) is 34.7 Å². The minimum atomic E-state index is 0.483. The molecule has 0 saturated heterocycles. The fourth-order valence-corrected chi connectivity index (χ4v) is 2.66. The third-order valence-corrected chi connectivity index (χ3v) is 3.70. The molecule has 0 aliphatic rings. The average Bonchev–Trinajstić information content (AvgIpc) is 2.62. The van der Waals surface area contributed by atoms with Crippen molar-refractivity contribution in [1.82, 2.24) is 15.2 Å². The number of hydrogen-bond donors (Lipinski definition) is 1. The second-order valence-corrected chi connectivity index (χ2v) is 5.33. The summed E-state index contributed by atoms with van der Waals surface area (Å²) in [6.45, 7) is 0. The molecule has 0 atom stereocenters. The van der Waals surface area contributed by atoms with Gasteiger partial charge in [0.1, 0.15) is 0 Å². The number of hydrogen-bond acceptors (Lipinski definition) is 6. The average molecular weight is 259 g/mol. The Kier molecular flexibility index (Phi) is 3.40. The van der Waals surface area contributed by atoms with Crippen LogP contribution in [0.25, 0.3) is 0 Å². The van der Waals surface area contributed by atoms with Crippen molar-refractivity contribution in [2.45, 2.75) is 10.1 Å². The van der Waals surface area contributed by atoms with Crippen molar-refractivity contribution in [2.75, 3.05) is 5.73 Å². The molecule has 0 spiro atoms. The van der Waals surface area contributed by atoms with E-state index in [-0.39, 0.29) is 0 Å². The van der Waals surface area contributed by atoms with E-state index in [1.807, 2.05) is 6.07 Å². The number of anilines is 1. The zero-order valence-electron chi connectivity index (χ0n) is 7.55. The lowest BCUT2D eigenvalue weighted by Crippen LogP contribution is -1.85. The molecular weight excluding hydrogens is 252 g/mol. The van der Waals surface area contributed by atoms with Crippen LogP contribution in [0.2, 0.25) is 5.02 Å². The maximum absolute atomic E-state index is 5.84. The molecule has 7 heteroatoms. The Morgan fingerprint density at radius 3 is 3.00 bits per heavy atom. The second-order valence-electron chi connectivity index (χ2n) is 2.66. The van der Waals surface area contributed by atoms with E-state index in [4.69, 9.17) is 17.3 Å². The van der Waals surface area contributed by atoms with Gasteiger partial charge in [-0.05, 0) is 12.1 Å². The normalized spacial score (nSPS) is 10.5. The topological polar surface area (TPSA) is 64.7 Å². The van der Waals surface area contributed by atoms with Crippen LogP contribution in [0.15, 0.2) is 22.7 Å². The Hall–Kier alpha value is -0.850. The monoisotopic (exact) mass is 258 g/mol. The van der Waals surface area contributed by atoms with Crippen LogP contribution < -0.4 is 5.73 Å². The fraction of sp³-hybridized carbons (Fsp3) is 0.125. The molecule has 2 heterocycles. The van der Waals surface area contributed by atoms with Gasteiger partial charge in [0.15, 0.2) is 4.34 Å². The van der Waals surface area contributed by atoms with Crippen LogP contribution in [-0.4, -0.2) is 15.2 Å². The van der Waals surface area contributed by atoms with Gasteiger partial charge in [0.25, 0.3) is 0 Å². The van der Waals surface area contributed by atoms with Crippen LogP contribution >= 0.6 is 34.7 Å². The van der Waals surface area contributed by atoms with Crippen LogP contribution in [0.1, 0.15) is 5.69 Å². The van der Waals surface area contributed by atoms with Crippen molar-refractivity contribution >= 4 is 39.8 Å². The van der Waals surface area contributed by atoms with E-state index in [0.29, 0.717) is 10.2 Å². The Bertz CT molecular complexity index is 459. The minimum absolute atomic E-state index is 0.483. The smallest absolute Gasteiger partial charge is 0.203 e. The summed E-state index contributed by atoms with van der Waals surface area (Å²) >= 11 is 8.75. The van der Waals surface area contributed by atoms with Crippen molar-refractivity contribution in [1.29, 1.82) is 0 Å². The summed E-state index contributed by atoms with van der Waals surface area (Å²) in [4.78, 5) is 4.18. The van der Waals surface area contributed by atoms with E-state index in [1.165, 1.54) is 11.3 Å². The molecule has 2 aromatic rings. The first-order valence-electron chi connectivity index (χ1n) is 4.06. The highest BCUT2D eigenvalue weighted by atomic mass is 35.5. The van der Waals surface area contributed by atoms with E-state index >= 15 is 0 Å². The largest absolute Gasteiger partial charge is 0.374 e. The van der Waals surface area contributed by atoms with Gasteiger partial charge in [0.05, 0.1) is 5.69 Å². The molecular formula is C8H7ClN4S2. The second kappa shape index (κ2) is 4.78. The number of nitrogen functional groups attached to an aromatic ring is 1. The minimum Gasteiger partial charge on any atom is -0.374 e. The molecule has 2 aromatic heterocycles. The van der Waals surface area contributed by atoms with Crippen LogP contribution in [0.4, 0.5) is 5.13 Å². The molecule has 2 rings (SSSR count). The number of aromatic nitrogens is 3. The van der Waals surface area contributed by atoms with Gasteiger partial charge >= 0.3 is 0 Å². The quantitative estimate of drug-likeness (QED) is 0.857. The van der Waals surface area contributed by atoms with Gasteiger partial charge in [-0.3, -0.25) is 4.98 Å². The summed E-state index contributed by atoms with van der Waals surface area (Å²) in [5.74, 6) is 0.717. The van der Waals surface area contributed by atoms with Crippen LogP contribution in [0.5, 0.6) is 0 Å². The van der Waals surface area contributed by atoms with E-state index in [0.717, 1.165) is 15.8 Å². The van der Waals surface area contributed by atoms with Gasteiger partial charge in [0, 0.05) is 17.0 Å². The third kappa shape index (κ3) is 3.05. The Labute approximate surface area is 99.9 Å². The maximum Gasteiger partial charge on any atom is 0.203 e. The first-order chi connectivity index (χ1) is 7.24. The van der Waals surface area contributed by atoms with Crippen molar-refractivity contribution in [3.63, 3.8) is 0 Å². The Balaban J connectivity index is 1.99. The predicted octanol–water partition coefficient (Wildman–Crippen LogP) is 2.46. The number of nitrogens with two attached hydrogens (primary N) is 1. The summed E-state index contributed by atoms with van der Waals surface area (Å²) in [7, 11) is 0. The first kappa shape index (κ1) is 10.7. The van der Waals surface area contributed by atoms with Crippen LogP contribution in [0, 0.1) is 0 Å². The van der Waals surface area contributed by atoms with Gasteiger partial charge in [-0.2, -0.15) is 0 Å². The molecule has 0 aliphatic carbocycles. The molecule has 0 unspecified atom stereocenters. The molecule has 0 amide bonds. The highest BCUT2D eigenvalue weighted by molar-refractivity contribution is 8.00. The van der Waals surface area contributed by atoms with Gasteiger partial charge in [-0.25, -0.2) is 0 Å². The molecule has 2 N–H and O–H groups in total.